The van der Waals surface area contributed by atoms with Crippen molar-refractivity contribution in [1.29, 1.82) is 0 Å². The van der Waals surface area contributed by atoms with Gasteiger partial charge in [-0.2, -0.15) is 0 Å². The quantitative estimate of drug-likeness (QED) is 0.790. The van der Waals surface area contributed by atoms with E-state index in [0.717, 1.165) is 26.2 Å². The third-order valence-electron chi connectivity index (χ3n) is 5.59. The Morgan fingerprint density at radius 1 is 0.667 bits per heavy atom. The first kappa shape index (κ1) is 18.2. The van der Waals surface area contributed by atoms with Crippen molar-refractivity contribution in [2.75, 3.05) is 49.1 Å². The number of nitrogens with zero attached hydrogens (tertiary/aromatic N) is 3. The van der Waals surface area contributed by atoms with Crippen molar-refractivity contribution in [1.82, 2.24) is 4.90 Å². The molecule has 27 heavy (non-hydrogen) atoms. The number of piperazine rings is 1. The number of benzene rings is 2. The van der Waals surface area contributed by atoms with Crippen LogP contribution in [0.3, 0.4) is 0 Å². The van der Waals surface area contributed by atoms with Crippen LogP contribution in [0, 0.1) is 0 Å². The number of hydrogen-bond acceptors (Lipinski definition) is 3. The molecular weight excluding hydrogens is 358 g/mol. The average molecular weight is 384 g/mol. The number of anilines is 2. The van der Waals surface area contributed by atoms with Gasteiger partial charge in [0.2, 0.25) is 0 Å². The summed E-state index contributed by atoms with van der Waals surface area (Å²) in [5, 5.41) is 0.657. The van der Waals surface area contributed by atoms with E-state index in [4.69, 9.17) is 11.6 Å². The monoisotopic (exact) mass is 383 g/mol. The highest BCUT2D eigenvalue weighted by Crippen LogP contribution is 2.24. The lowest BCUT2D eigenvalue weighted by atomic mass is 10.1. The number of piperidine rings is 1. The third kappa shape index (κ3) is 4.22. The summed E-state index contributed by atoms with van der Waals surface area (Å²) < 4.78 is 0. The minimum atomic E-state index is 0.0896. The fraction of sp³-hybridized carbons (Fsp3) is 0.409. The molecule has 0 saturated carbocycles. The summed E-state index contributed by atoms with van der Waals surface area (Å²) in [6.45, 7) is 5.56. The molecule has 2 fully saturated rings. The maximum absolute atomic E-state index is 12.6. The van der Waals surface area contributed by atoms with E-state index in [9.17, 15) is 4.79 Å². The molecule has 1 amide bonds. The Balaban J connectivity index is 1.34. The molecule has 2 heterocycles. The van der Waals surface area contributed by atoms with Gasteiger partial charge in [0.05, 0.1) is 0 Å². The number of carbonyl (C=O) groups is 1. The number of hydrogen-bond donors (Lipinski definition) is 0. The van der Waals surface area contributed by atoms with Gasteiger partial charge in [-0.1, -0.05) is 11.6 Å². The van der Waals surface area contributed by atoms with Crippen molar-refractivity contribution in [3.8, 4) is 0 Å². The number of rotatable bonds is 3. The zero-order valence-corrected chi connectivity index (χ0v) is 16.4. The standard InChI is InChI=1S/C22H26ClN3O/c23-19-6-4-18(5-7-19)22(27)26-16-14-25(15-17-26)21-10-8-20(9-11-21)24-12-2-1-3-13-24/h4-11H,1-3,12-17H2. The van der Waals surface area contributed by atoms with E-state index in [0.29, 0.717) is 10.6 Å². The second kappa shape index (κ2) is 8.22. The van der Waals surface area contributed by atoms with Gasteiger partial charge in [-0.25, -0.2) is 0 Å². The molecular formula is C22H26ClN3O. The average Bonchev–Trinajstić information content (AvgIpc) is 2.75. The largest absolute Gasteiger partial charge is 0.372 e. The molecule has 0 radical (unpaired) electrons. The van der Waals surface area contributed by atoms with Crippen molar-refractivity contribution in [2.45, 2.75) is 19.3 Å². The van der Waals surface area contributed by atoms with Crippen molar-refractivity contribution < 1.29 is 4.79 Å². The van der Waals surface area contributed by atoms with E-state index in [1.807, 2.05) is 4.90 Å². The van der Waals surface area contributed by atoms with Crippen molar-refractivity contribution in [3.63, 3.8) is 0 Å². The van der Waals surface area contributed by atoms with Crippen LogP contribution in [0.4, 0.5) is 11.4 Å². The first-order valence-electron chi connectivity index (χ1n) is 9.85. The number of halogens is 1. The minimum Gasteiger partial charge on any atom is -0.372 e. The predicted molar refractivity (Wildman–Crippen MR) is 112 cm³/mol. The summed E-state index contributed by atoms with van der Waals surface area (Å²) >= 11 is 5.92. The highest BCUT2D eigenvalue weighted by Gasteiger charge is 2.22. The molecule has 0 unspecified atom stereocenters. The second-order valence-electron chi connectivity index (χ2n) is 7.35. The molecule has 0 bridgehead atoms. The number of carbonyl (C=O) groups excluding carboxylic acids is 1. The van der Waals surface area contributed by atoms with Gasteiger partial charge in [0.25, 0.3) is 5.91 Å². The van der Waals surface area contributed by atoms with Gasteiger partial charge in [0, 0.05) is 61.2 Å². The Bertz CT molecular complexity index is 761. The lowest BCUT2D eigenvalue weighted by Gasteiger charge is -2.36. The SMILES string of the molecule is O=C(c1ccc(Cl)cc1)N1CCN(c2ccc(N3CCCCC3)cc2)CC1. The molecule has 2 aromatic carbocycles. The maximum atomic E-state index is 12.6. The van der Waals surface area contributed by atoms with Gasteiger partial charge >= 0.3 is 0 Å². The van der Waals surface area contributed by atoms with Gasteiger partial charge in [-0.3, -0.25) is 4.79 Å². The van der Waals surface area contributed by atoms with Gasteiger partial charge in [-0.05, 0) is 67.8 Å². The van der Waals surface area contributed by atoms with E-state index >= 15 is 0 Å². The molecule has 2 aromatic rings. The van der Waals surface area contributed by atoms with E-state index in [-0.39, 0.29) is 5.91 Å². The van der Waals surface area contributed by atoms with Gasteiger partial charge in [0.15, 0.2) is 0 Å². The summed E-state index contributed by atoms with van der Waals surface area (Å²) in [6, 6.07) is 16.1. The minimum absolute atomic E-state index is 0.0896. The lowest BCUT2D eigenvalue weighted by Crippen LogP contribution is -2.48. The van der Waals surface area contributed by atoms with Crippen LogP contribution >= 0.6 is 11.6 Å². The summed E-state index contributed by atoms with van der Waals surface area (Å²) in [5.74, 6) is 0.0896. The van der Waals surface area contributed by atoms with Gasteiger partial charge in [-0.15, -0.1) is 0 Å². The first-order valence-corrected chi connectivity index (χ1v) is 10.2. The fourth-order valence-corrected chi connectivity index (χ4v) is 4.10. The summed E-state index contributed by atoms with van der Waals surface area (Å²) in [5.41, 5.74) is 3.28. The van der Waals surface area contributed by atoms with Crippen LogP contribution in [0.25, 0.3) is 0 Å². The Labute approximate surface area is 166 Å². The molecule has 0 aromatic heterocycles. The highest BCUT2D eigenvalue weighted by molar-refractivity contribution is 6.30. The first-order chi connectivity index (χ1) is 13.2. The van der Waals surface area contributed by atoms with Crippen LogP contribution in [0.2, 0.25) is 5.02 Å². The van der Waals surface area contributed by atoms with E-state index < -0.39 is 0 Å². The highest BCUT2D eigenvalue weighted by atomic mass is 35.5. The molecule has 0 spiro atoms. The molecule has 5 heteroatoms. The fourth-order valence-electron chi connectivity index (χ4n) is 3.97. The second-order valence-corrected chi connectivity index (χ2v) is 7.79. The van der Waals surface area contributed by atoms with Crippen LogP contribution < -0.4 is 9.80 Å². The third-order valence-corrected chi connectivity index (χ3v) is 5.85. The molecule has 2 aliphatic heterocycles. The Morgan fingerprint density at radius 3 is 1.74 bits per heavy atom. The zero-order valence-electron chi connectivity index (χ0n) is 15.6. The van der Waals surface area contributed by atoms with Gasteiger partial charge < -0.3 is 14.7 Å². The molecule has 0 aliphatic carbocycles. The normalized spacial score (nSPS) is 17.9. The van der Waals surface area contributed by atoms with Crippen molar-refractivity contribution in [3.05, 3.63) is 59.1 Å². The smallest absolute Gasteiger partial charge is 0.253 e. The maximum Gasteiger partial charge on any atom is 0.253 e. The molecule has 2 saturated heterocycles. The van der Waals surface area contributed by atoms with Crippen LogP contribution in [-0.2, 0) is 0 Å². The molecule has 2 aliphatic rings. The molecule has 0 N–H and O–H groups in total. The van der Waals surface area contributed by atoms with E-state index in [2.05, 4.69) is 34.1 Å². The molecule has 0 atom stereocenters. The van der Waals surface area contributed by atoms with E-state index in [1.165, 1.54) is 43.7 Å². The summed E-state index contributed by atoms with van der Waals surface area (Å²) in [6.07, 6.45) is 3.95. The Hall–Kier alpha value is -2.20. The zero-order chi connectivity index (χ0) is 18.6. The van der Waals surface area contributed by atoms with Gasteiger partial charge in [0.1, 0.15) is 0 Å². The molecule has 142 valence electrons. The van der Waals surface area contributed by atoms with Crippen LogP contribution in [0.1, 0.15) is 29.6 Å². The summed E-state index contributed by atoms with van der Waals surface area (Å²) in [7, 11) is 0. The Kier molecular flexibility index (Phi) is 5.53. The van der Waals surface area contributed by atoms with Crippen molar-refractivity contribution >= 4 is 28.9 Å². The molecule has 4 rings (SSSR count). The van der Waals surface area contributed by atoms with Crippen LogP contribution in [-0.4, -0.2) is 50.1 Å². The summed E-state index contributed by atoms with van der Waals surface area (Å²) in [4.78, 5) is 19.4. The predicted octanol–water partition coefficient (Wildman–Crippen LogP) is 4.29. The topological polar surface area (TPSA) is 26.8 Å². The molecule has 4 nitrogen and oxygen atoms in total. The Morgan fingerprint density at radius 2 is 1.19 bits per heavy atom. The van der Waals surface area contributed by atoms with Crippen LogP contribution in [0.5, 0.6) is 0 Å². The lowest BCUT2D eigenvalue weighted by molar-refractivity contribution is 0.0747. The van der Waals surface area contributed by atoms with E-state index in [1.54, 1.807) is 24.3 Å². The van der Waals surface area contributed by atoms with Crippen LogP contribution in [0.15, 0.2) is 48.5 Å². The van der Waals surface area contributed by atoms with Crippen molar-refractivity contribution in [2.24, 2.45) is 0 Å². The number of amides is 1.